The van der Waals surface area contributed by atoms with Gasteiger partial charge in [0, 0.05) is 54.8 Å². The first kappa shape index (κ1) is 33.1. The van der Waals surface area contributed by atoms with E-state index in [4.69, 9.17) is 18.9 Å². The maximum Gasteiger partial charge on any atom is 0.319 e. The smallest absolute Gasteiger partial charge is 0.319 e. The second-order valence-electron chi connectivity index (χ2n) is 11.9. The number of fused-ring (bicyclic) bond motifs is 2. The standard InChI is InChI=1S/C36H46N4O6/c1-5-25(6-2)38-36(42)39-28-11-18-33(34(23-28)44-4)46-31-16-12-29(13-17-31)40(19-20-43-3)35(41)24-7-14-30(15-8-24)45-32-21-26-9-10-27(22-32)37-26/h7-8,11-18,23,25-27,32,37H,5-6,9-10,19-22H2,1-4H3,(H2,38,39,42). The third-order valence-corrected chi connectivity index (χ3v) is 8.72. The summed E-state index contributed by atoms with van der Waals surface area (Å²) in [5, 5.41) is 9.45. The Morgan fingerprint density at radius 1 is 0.891 bits per heavy atom. The largest absolute Gasteiger partial charge is 0.493 e. The number of urea groups is 1. The molecule has 246 valence electrons. The number of amides is 3. The molecular formula is C36H46N4O6. The van der Waals surface area contributed by atoms with Crippen LogP contribution in [-0.4, -0.2) is 63.5 Å². The van der Waals surface area contributed by atoms with Crippen LogP contribution in [0.4, 0.5) is 16.2 Å². The third-order valence-electron chi connectivity index (χ3n) is 8.72. The number of methoxy groups -OCH3 is 2. The lowest BCUT2D eigenvalue weighted by molar-refractivity contribution is 0.0975. The summed E-state index contributed by atoms with van der Waals surface area (Å²) in [6.45, 7) is 4.85. The van der Waals surface area contributed by atoms with Gasteiger partial charge in [-0.15, -0.1) is 0 Å². The highest BCUT2D eigenvalue weighted by Crippen LogP contribution is 2.35. The Hall–Kier alpha value is -4.28. The Morgan fingerprint density at radius 2 is 1.57 bits per heavy atom. The van der Waals surface area contributed by atoms with E-state index in [1.807, 2.05) is 50.2 Å². The minimum atomic E-state index is -0.263. The molecule has 2 heterocycles. The Morgan fingerprint density at radius 3 is 2.20 bits per heavy atom. The zero-order chi connectivity index (χ0) is 32.5. The van der Waals surface area contributed by atoms with E-state index in [-0.39, 0.29) is 24.1 Å². The van der Waals surface area contributed by atoms with Crippen LogP contribution in [0.15, 0.2) is 66.7 Å². The van der Waals surface area contributed by atoms with Gasteiger partial charge in [-0.05, 0) is 99.2 Å². The van der Waals surface area contributed by atoms with Gasteiger partial charge < -0.3 is 39.8 Å². The van der Waals surface area contributed by atoms with Crippen LogP contribution in [0.1, 0.15) is 62.7 Å². The van der Waals surface area contributed by atoms with Gasteiger partial charge in [-0.2, -0.15) is 0 Å². The molecule has 10 heteroatoms. The molecular weight excluding hydrogens is 584 g/mol. The summed E-state index contributed by atoms with van der Waals surface area (Å²) in [5.74, 6) is 2.20. The van der Waals surface area contributed by atoms with Crippen LogP contribution in [0, 0.1) is 0 Å². The van der Waals surface area contributed by atoms with Crippen molar-refractivity contribution in [2.75, 3.05) is 37.6 Å². The molecule has 2 fully saturated rings. The summed E-state index contributed by atoms with van der Waals surface area (Å²) in [7, 11) is 3.17. The van der Waals surface area contributed by atoms with Crippen molar-refractivity contribution in [3.05, 3.63) is 72.3 Å². The molecule has 0 aromatic heterocycles. The van der Waals surface area contributed by atoms with Gasteiger partial charge in [0.25, 0.3) is 5.91 Å². The lowest BCUT2D eigenvalue weighted by Gasteiger charge is -2.29. The van der Waals surface area contributed by atoms with Crippen LogP contribution >= 0.6 is 0 Å². The molecule has 10 nitrogen and oxygen atoms in total. The first-order valence-electron chi connectivity index (χ1n) is 16.3. The first-order chi connectivity index (χ1) is 22.4. The quantitative estimate of drug-likeness (QED) is 0.181. The molecule has 2 bridgehead atoms. The van der Waals surface area contributed by atoms with Crippen molar-refractivity contribution in [2.24, 2.45) is 0 Å². The van der Waals surface area contributed by atoms with Crippen molar-refractivity contribution in [2.45, 2.75) is 76.6 Å². The van der Waals surface area contributed by atoms with E-state index in [9.17, 15) is 9.59 Å². The van der Waals surface area contributed by atoms with Crippen molar-refractivity contribution >= 4 is 23.3 Å². The molecule has 0 spiro atoms. The van der Waals surface area contributed by atoms with Gasteiger partial charge in [-0.3, -0.25) is 4.79 Å². The molecule has 3 aromatic rings. The minimum Gasteiger partial charge on any atom is -0.493 e. The summed E-state index contributed by atoms with van der Waals surface area (Å²) < 4.78 is 23.2. The number of rotatable bonds is 14. The predicted octanol–water partition coefficient (Wildman–Crippen LogP) is 6.75. The SMILES string of the molecule is CCC(CC)NC(=O)Nc1ccc(Oc2ccc(N(CCOC)C(=O)c3ccc(OC4CC5CCC(C4)N5)cc3)cc2)c(OC)c1. The van der Waals surface area contributed by atoms with Gasteiger partial charge in [0.2, 0.25) is 0 Å². The monoisotopic (exact) mass is 630 g/mol. The summed E-state index contributed by atoms with van der Waals surface area (Å²) >= 11 is 0. The highest BCUT2D eigenvalue weighted by atomic mass is 16.5. The Balaban J connectivity index is 1.22. The normalized spacial score (nSPS) is 18.6. The van der Waals surface area contributed by atoms with Crippen LogP contribution in [-0.2, 0) is 4.74 Å². The number of benzene rings is 3. The van der Waals surface area contributed by atoms with Crippen LogP contribution in [0.25, 0.3) is 0 Å². The molecule has 2 unspecified atom stereocenters. The van der Waals surface area contributed by atoms with E-state index < -0.39 is 0 Å². The van der Waals surface area contributed by atoms with Crippen molar-refractivity contribution in [3.63, 3.8) is 0 Å². The van der Waals surface area contributed by atoms with Crippen molar-refractivity contribution < 1.29 is 28.5 Å². The van der Waals surface area contributed by atoms with E-state index in [2.05, 4.69) is 16.0 Å². The zero-order valence-electron chi connectivity index (χ0n) is 27.2. The minimum absolute atomic E-state index is 0.118. The summed E-state index contributed by atoms with van der Waals surface area (Å²) in [4.78, 5) is 27.7. The Bertz CT molecular complexity index is 1430. The molecule has 2 aliphatic rings. The molecule has 0 aliphatic carbocycles. The zero-order valence-corrected chi connectivity index (χ0v) is 27.2. The molecule has 3 amide bonds. The maximum atomic E-state index is 13.6. The van der Waals surface area contributed by atoms with Crippen molar-refractivity contribution in [3.8, 4) is 23.0 Å². The molecule has 2 atom stereocenters. The van der Waals surface area contributed by atoms with E-state index in [0.29, 0.717) is 53.7 Å². The van der Waals surface area contributed by atoms with Gasteiger partial charge in [0.05, 0.1) is 13.7 Å². The van der Waals surface area contributed by atoms with E-state index in [1.54, 1.807) is 49.5 Å². The fourth-order valence-corrected chi connectivity index (χ4v) is 6.15. The topological polar surface area (TPSA) is 110 Å². The third kappa shape index (κ3) is 8.50. The number of nitrogens with zero attached hydrogens (tertiary/aromatic N) is 1. The molecule has 0 saturated carbocycles. The molecule has 0 radical (unpaired) electrons. The predicted molar refractivity (Wildman–Crippen MR) is 180 cm³/mol. The highest BCUT2D eigenvalue weighted by molar-refractivity contribution is 6.06. The number of nitrogens with one attached hydrogen (secondary N) is 3. The Labute approximate surface area is 271 Å². The fourth-order valence-electron chi connectivity index (χ4n) is 6.15. The van der Waals surface area contributed by atoms with Crippen LogP contribution in [0.3, 0.4) is 0 Å². The van der Waals surface area contributed by atoms with Gasteiger partial charge in [-0.25, -0.2) is 4.79 Å². The molecule has 3 N–H and O–H groups in total. The maximum absolute atomic E-state index is 13.6. The second-order valence-corrected chi connectivity index (χ2v) is 11.9. The Kier molecular flexibility index (Phi) is 11.4. The number of hydrogen-bond acceptors (Lipinski definition) is 7. The number of anilines is 2. The van der Waals surface area contributed by atoms with Gasteiger partial charge in [0.1, 0.15) is 17.6 Å². The molecule has 5 rings (SSSR count). The fraction of sp³-hybridized carbons (Fsp3) is 0.444. The van der Waals surface area contributed by atoms with Crippen LogP contribution in [0.2, 0.25) is 0 Å². The van der Waals surface area contributed by atoms with Crippen molar-refractivity contribution in [1.29, 1.82) is 0 Å². The summed E-state index contributed by atoms with van der Waals surface area (Å²) in [6, 6.07) is 20.9. The van der Waals surface area contributed by atoms with Crippen LogP contribution in [0.5, 0.6) is 23.0 Å². The molecule has 3 aromatic carbocycles. The van der Waals surface area contributed by atoms with Gasteiger partial charge in [-0.1, -0.05) is 13.8 Å². The highest BCUT2D eigenvalue weighted by Gasteiger charge is 2.34. The molecule has 46 heavy (non-hydrogen) atoms. The lowest BCUT2D eigenvalue weighted by Crippen LogP contribution is -2.42. The van der Waals surface area contributed by atoms with Gasteiger partial charge >= 0.3 is 6.03 Å². The first-order valence-corrected chi connectivity index (χ1v) is 16.3. The lowest BCUT2D eigenvalue weighted by atomic mass is 10.0. The van der Waals surface area contributed by atoms with E-state index in [1.165, 1.54) is 12.8 Å². The van der Waals surface area contributed by atoms with Crippen LogP contribution < -0.4 is 35.1 Å². The number of carbonyl (C=O) groups excluding carboxylic acids is 2. The van der Waals surface area contributed by atoms with Crippen molar-refractivity contribution in [1.82, 2.24) is 10.6 Å². The molecule has 2 aliphatic heterocycles. The average molecular weight is 631 g/mol. The number of hydrogen-bond donors (Lipinski definition) is 3. The summed E-state index contributed by atoms with van der Waals surface area (Å²) in [5.41, 5.74) is 1.88. The number of piperidine rings is 1. The molecule has 2 saturated heterocycles. The second kappa shape index (κ2) is 15.8. The average Bonchev–Trinajstić information content (AvgIpc) is 3.42. The number of carbonyl (C=O) groups is 2. The van der Waals surface area contributed by atoms with E-state index >= 15 is 0 Å². The van der Waals surface area contributed by atoms with Gasteiger partial charge in [0.15, 0.2) is 11.5 Å². The number of ether oxygens (including phenoxy) is 4. The van der Waals surface area contributed by atoms with E-state index in [0.717, 1.165) is 37.1 Å². The summed E-state index contributed by atoms with van der Waals surface area (Å²) in [6.07, 6.45) is 6.42.